The summed E-state index contributed by atoms with van der Waals surface area (Å²) < 4.78 is 0. The van der Waals surface area contributed by atoms with E-state index in [4.69, 9.17) is 0 Å². The van der Waals surface area contributed by atoms with E-state index in [1.807, 2.05) is 6.92 Å². The molecule has 1 aliphatic rings. The van der Waals surface area contributed by atoms with Gasteiger partial charge in [0, 0.05) is 0 Å². The second kappa shape index (κ2) is 2.09. The maximum Gasteiger partial charge on any atom is -0.0109 e. The summed E-state index contributed by atoms with van der Waals surface area (Å²) in [4.78, 5) is 0. The Bertz CT molecular complexity index is 343. The first-order valence-corrected chi connectivity index (χ1v) is 3.76. The van der Waals surface area contributed by atoms with Crippen LogP contribution in [0.3, 0.4) is 0 Å². The van der Waals surface area contributed by atoms with E-state index in [-0.39, 0.29) is 0 Å². The molecular formula is C11H10. The highest BCUT2D eigenvalue weighted by Crippen LogP contribution is 2.30. The number of rotatable bonds is 1. The van der Waals surface area contributed by atoms with Gasteiger partial charge in [0.05, 0.1) is 0 Å². The maximum absolute atomic E-state index is 3.93. The summed E-state index contributed by atoms with van der Waals surface area (Å²) in [5.41, 5.74) is 5.11. The SMILES string of the molecule is C=C(C)c1cccc2c1C=C2. The molecule has 2 rings (SSSR count). The van der Waals surface area contributed by atoms with E-state index in [2.05, 4.69) is 36.9 Å². The Morgan fingerprint density at radius 3 is 2.55 bits per heavy atom. The average molecular weight is 142 g/mol. The summed E-state index contributed by atoms with van der Waals surface area (Å²) in [6.45, 7) is 5.97. The highest BCUT2D eigenvalue weighted by atomic mass is 14.1. The molecule has 1 aliphatic carbocycles. The van der Waals surface area contributed by atoms with E-state index < -0.39 is 0 Å². The molecule has 54 valence electrons. The van der Waals surface area contributed by atoms with Gasteiger partial charge in [0.25, 0.3) is 0 Å². The largest absolute Gasteiger partial charge is 0.0955 e. The predicted octanol–water partition coefficient (Wildman–Crippen LogP) is 3.20. The first-order valence-electron chi connectivity index (χ1n) is 3.76. The first kappa shape index (κ1) is 6.41. The topological polar surface area (TPSA) is 0 Å². The molecule has 0 spiro atoms. The highest BCUT2D eigenvalue weighted by Gasteiger charge is 2.09. The molecule has 0 heteroatoms. The van der Waals surface area contributed by atoms with E-state index >= 15 is 0 Å². The lowest BCUT2D eigenvalue weighted by molar-refractivity contribution is 1.50. The van der Waals surface area contributed by atoms with E-state index in [1.54, 1.807) is 0 Å². The van der Waals surface area contributed by atoms with Gasteiger partial charge in [0.15, 0.2) is 0 Å². The lowest BCUT2D eigenvalue weighted by Crippen LogP contribution is -1.94. The number of benzene rings is 1. The quantitative estimate of drug-likeness (QED) is 0.573. The lowest BCUT2D eigenvalue weighted by Gasteiger charge is -2.14. The Labute approximate surface area is 66.9 Å². The van der Waals surface area contributed by atoms with Crippen molar-refractivity contribution in [2.24, 2.45) is 0 Å². The van der Waals surface area contributed by atoms with Gasteiger partial charge in [-0.2, -0.15) is 0 Å². The normalized spacial score (nSPS) is 12.1. The fourth-order valence-corrected chi connectivity index (χ4v) is 1.36. The van der Waals surface area contributed by atoms with Gasteiger partial charge in [-0.05, 0) is 23.6 Å². The summed E-state index contributed by atoms with van der Waals surface area (Å²) in [6.07, 6.45) is 4.27. The van der Waals surface area contributed by atoms with Crippen molar-refractivity contribution in [2.45, 2.75) is 6.92 Å². The van der Waals surface area contributed by atoms with Crippen molar-refractivity contribution in [1.82, 2.24) is 0 Å². The molecule has 0 fully saturated rings. The molecule has 1 aromatic carbocycles. The third-order valence-electron chi connectivity index (χ3n) is 2.03. The Balaban J connectivity index is 2.61. The van der Waals surface area contributed by atoms with Crippen molar-refractivity contribution in [3.8, 4) is 0 Å². The Kier molecular flexibility index (Phi) is 1.22. The zero-order valence-corrected chi connectivity index (χ0v) is 6.59. The van der Waals surface area contributed by atoms with Crippen LogP contribution in [0.5, 0.6) is 0 Å². The summed E-state index contributed by atoms with van der Waals surface area (Å²) in [7, 11) is 0. The smallest absolute Gasteiger partial charge is 0.0109 e. The van der Waals surface area contributed by atoms with Crippen LogP contribution in [0.4, 0.5) is 0 Å². The van der Waals surface area contributed by atoms with Gasteiger partial charge in [0.2, 0.25) is 0 Å². The van der Waals surface area contributed by atoms with Gasteiger partial charge in [-0.25, -0.2) is 0 Å². The van der Waals surface area contributed by atoms with Gasteiger partial charge in [0.1, 0.15) is 0 Å². The average Bonchev–Trinajstić information content (AvgIpc) is 1.90. The molecule has 0 nitrogen and oxygen atoms in total. The molecule has 0 unspecified atom stereocenters. The summed E-state index contributed by atoms with van der Waals surface area (Å²) in [5, 5.41) is 0. The van der Waals surface area contributed by atoms with E-state index in [9.17, 15) is 0 Å². The van der Waals surface area contributed by atoms with Crippen molar-refractivity contribution in [1.29, 1.82) is 0 Å². The van der Waals surface area contributed by atoms with Crippen molar-refractivity contribution in [2.75, 3.05) is 0 Å². The lowest BCUT2D eigenvalue weighted by atomic mass is 9.90. The van der Waals surface area contributed by atoms with Crippen molar-refractivity contribution >= 4 is 17.7 Å². The van der Waals surface area contributed by atoms with Crippen LogP contribution < -0.4 is 0 Å². The van der Waals surface area contributed by atoms with Crippen LogP contribution >= 0.6 is 0 Å². The van der Waals surface area contributed by atoms with Gasteiger partial charge >= 0.3 is 0 Å². The molecule has 0 bridgehead atoms. The van der Waals surface area contributed by atoms with Crippen LogP contribution in [0.25, 0.3) is 17.7 Å². The van der Waals surface area contributed by atoms with Gasteiger partial charge in [-0.3, -0.25) is 0 Å². The molecule has 0 N–H and O–H groups in total. The molecule has 0 amide bonds. The number of hydrogen-bond donors (Lipinski definition) is 0. The van der Waals surface area contributed by atoms with Crippen LogP contribution in [0.2, 0.25) is 0 Å². The molecule has 0 atom stereocenters. The monoisotopic (exact) mass is 142 g/mol. The minimum absolute atomic E-state index is 1.14. The number of hydrogen-bond acceptors (Lipinski definition) is 0. The van der Waals surface area contributed by atoms with E-state index in [1.165, 1.54) is 16.7 Å². The van der Waals surface area contributed by atoms with E-state index in [0.29, 0.717) is 0 Å². The summed E-state index contributed by atoms with van der Waals surface area (Å²) in [5.74, 6) is 0. The predicted molar refractivity (Wildman–Crippen MR) is 50.1 cm³/mol. The van der Waals surface area contributed by atoms with Gasteiger partial charge < -0.3 is 0 Å². The molecule has 0 saturated carbocycles. The molecule has 0 radical (unpaired) electrons. The molecule has 1 aromatic rings. The van der Waals surface area contributed by atoms with Crippen LogP contribution in [0, 0.1) is 0 Å². The van der Waals surface area contributed by atoms with Crippen molar-refractivity contribution in [3.63, 3.8) is 0 Å². The molecule has 11 heavy (non-hydrogen) atoms. The number of fused-ring (bicyclic) bond motifs is 1. The van der Waals surface area contributed by atoms with E-state index in [0.717, 1.165) is 5.57 Å². The van der Waals surface area contributed by atoms with Gasteiger partial charge in [-0.15, -0.1) is 0 Å². The Morgan fingerprint density at radius 1 is 1.27 bits per heavy atom. The highest BCUT2D eigenvalue weighted by molar-refractivity contribution is 5.91. The van der Waals surface area contributed by atoms with Crippen LogP contribution in [-0.2, 0) is 0 Å². The fourth-order valence-electron chi connectivity index (χ4n) is 1.36. The zero-order chi connectivity index (χ0) is 7.84. The van der Waals surface area contributed by atoms with Crippen molar-refractivity contribution in [3.05, 3.63) is 41.5 Å². The van der Waals surface area contributed by atoms with Crippen molar-refractivity contribution < 1.29 is 0 Å². The summed E-state index contributed by atoms with van der Waals surface area (Å²) >= 11 is 0. The fraction of sp³-hybridized carbons (Fsp3) is 0.0909. The minimum Gasteiger partial charge on any atom is -0.0955 e. The Morgan fingerprint density at radius 2 is 2.09 bits per heavy atom. The maximum atomic E-state index is 3.93. The number of allylic oxidation sites excluding steroid dienone is 1. The second-order valence-electron chi connectivity index (χ2n) is 2.92. The van der Waals surface area contributed by atoms with Crippen LogP contribution in [-0.4, -0.2) is 0 Å². The Hall–Kier alpha value is -1.30. The third kappa shape index (κ3) is 0.829. The minimum atomic E-state index is 1.14. The molecule has 0 aromatic heterocycles. The van der Waals surface area contributed by atoms with Gasteiger partial charge in [-0.1, -0.05) is 42.5 Å². The molecule has 0 saturated heterocycles. The zero-order valence-electron chi connectivity index (χ0n) is 6.59. The summed E-state index contributed by atoms with van der Waals surface area (Å²) in [6, 6.07) is 6.32. The molecule has 0 aliphatic heterocycles. The first-order chi connectivity index (χ1) is 5.29. The standard InChI is InChI=1S/C11H10/c1-8(2)10-5-3-4-9-6-7-11(9)10/h3-7H,1H2,2H3. The molecular weight excluding hydrogens is 132 g/mol. The molecule has 0 heterocycles. The van der Waals surface area contributed by atoms with Crippen LogP contribution in [0.1, 0.15) is 23.6 Å². The van der Waals surface area contributed by atoms with Crippen LogP contribution in [0.15, 0.2) is 24.8 Å². The second-order valence-corrected chi connectivity index (χ2v) is 2.92. The third-order valence-corrected chi connectivity index (χ3v) is 2.03.